The molecular weight excluding hydrogens is 216 g/mol. The summed E-state index contributed by atoms with van der Waals surface area (Å²) in [6.45, 7) is 7.07. The van der Waals surface area contributed by atoms with Crippen LogP contribution in [0.1, 0.15) is 52.4 Å². The van der Waals surface area contributed by atoms with Crippen LogP contribution < -0.4 is 0 Å². The first-order valence-corrected chi connectivity index (χ1v) is 7.17. The van der Waals surface area contributed by atoms with Crippen molar-refractivity contribution < 1.29 is 14.2 Å². The van der Waals surface area contributed by atoms with E-state index in [1.54, 1.807) is 0 Å². The minimum Gasteiger partial charge on any atom is -0.381 e. The Morgan fingerprint density at radius 2 is 1.65 bits per heavy atom. The first-order chi connectivity index (χ1) is 8.36. The van der Waals surface area contributed by atoms with E-state index in [9.17, 15) is 0 Å². The normalized spacial score (nSPS) is 17.8. The number of rotatable bonds is 9. The molecule has 0 spiro atoms. The van der Waals surface area contributed by atoms with Gasteiger partial charge in [-0.2, -0.15) is 0 Å². The van der Waals surface area contributed by atoms with Crippen molar-refractivity contribution in [2.24, 2.45) is 5.92 Å². The molecule has 1 aliphatic rings. The monoisotopic (exact) mass is 244 g/mol. The third kappa shape index (κ3) is 7.02. The first-order valence-electron chi connectivity index (χ1n) is 7.17. The summed E-state index contributed by atoms with van der Waals surface area (Å²) in [5, 5.41) is 0. The van der Waals surface area contributed by atoms with E-state index in [1.165, 1.54) is 32.1 Å². The third-order valence-electron chi connectivity index (χ3n) is 3.28. The van der Waals surface area contributed by atoms with E-state index in [2.05, 4.69) is 0 Å². The molecule has 0 aromatic rings. The molecular formula is C14H28O3. The van der Waals surface area contributed by atoms with Gasteiger partial charge in [-0.15, -0.1) is 0 Å². The predicted octanol–water partition coefficient (Wildman–Crippen LogP) is 3.37. The fourth-order valence-electron chi connectivity index (χ4n) is 2.37. The molecule has 3 nitrogen and oxygen atoms in total. The van der Waals surface area contributed by atoms with Crippen molar-refractivity contribution in [3.63, 3.8) is 0 Å². The summed E-state index contributed by atoms with van der Waals surface area (Å²) in [5.41, 5.74) is 0. The molecule has 0 bridgehead atoms. The summed E-state index contributed by atoms with van der Waals surface area (Å²) in [5.74, 6) is 0.793. The molecule has 0 unspecified atom stereocenters. The molecule has 3 heteroatoms. The van der Waals surface area contributed by atoms with E-state index >= 15 is 0 Å². The van der Waals surface area contributed by atoms with Gasteiger partial charge < -0.3 is 14.2 Å². The Balaban J connectivity index is 2.00. The molecule has 0 atom stereocenters. The lowest BCUT2D eigenvalue weighted by Gasteiger charge is -2.22. The van der Waals surface area contributed by atoms with Crippen molar-refractivity contribution in [1.82, 2.24) is 0 Å². The zero-order valence-corrected chi connectivity index (χ0v) is 11.5. The van der Waals surface area contributed by atoms with Gasteiger partial charge in [-0.3, -0.25) is 0 Å². The third-order valence-corrected chi connectivity index (χ3v) is 3.28. The lowest BCUT2D eigenvalue weighted by atomic mass is 9.90. The topological polar surface area (TPSA) is 27.7 Å². The van der Waals surface area contributed by atoms with Gasteiger partial charge in [-0.1, -0.05) is 19.3 Å². The highest BCUT2D eigenvalue weighted by Gasteiger charge is 2.14. The molecule has 1 fully saturated rings. The van der Waals surface area contributed by atoms with Crippen LogP contribution in [-0.2, 0) is 14.2 Å². The van der Waals surface area contributed by atoms with Gasteiger partial charge in [0.05, 0.1) is 6.61 Å². The van der Waals surface area contributed by atoms with Crippen molar-refractivity contribution in [1.29, 1.82) is 0 Å². The summed E-state index contributed by atoms with van der Waals surface area (Å²) in [4.78, 5) is 0. The highest BCUT2D eigenvalue weighted by molar-refractivity contribution is 4.64. The number of ether oxygens (including phenoxy) is 3. The minimum atomic E-state index is -0.0867. The highest BCUT2D eigenvalue weighted by atomic mass is 16.7. The summed E-state index contributed by atoms with van der Waals surface area (Å²) >= 11 is 0. The first kappa shape index (κ1) is 14.9. The van der Waals surface area contributed by atoms with E-state index in [1.807, 2.05) is 13.8 Å². The molecule has 0 radical (unpaired) electrons. The van der Waals surface area contributed by atoms with Crippen LogP contribution >= 0.6 is 0 Å². The molecule has 0 aliphatic heterocycles. The Hall–Kier alpha value is -0.120. The Bertz CT molecular complexity index is 161. The maximum Gasteiger partial charge on any atom is 0.159 e. The molecule has 0 amide bonds. The number of hydrogen-bond acceptors (Lipinski definition) is 3. The smallest absolute Gasteiger partial charge is 0.159 e. The molecule has 1 saturated carbocycles. The van der Waals surface area contributed by atoms with Crippen molar-refractivity contribution in [3.05, 3.63) is 0 Å². The van der Waals surface area contributed by atoms with Gasteiger partial charge in [0, 0.05) is 26.2 Å². The lowest BCUT2D eigenvalue weighted by molar-refractivity contribution is -0.147. The zero-order chi connectivity index (χ0) is 12.3. The Morgan fingerprint density at radius 1 is 1.00 bits per heavy atom. The number of hydrogen-bond donors (Lipinski definition) is 0. The Labute approximate surface area is 106 Å². The van der Waals surface area contributed by atoms with Gasteiger partial charge in [-0.25, -0.2) is 0 Å². The van der Waals surface area contributed by atoms with Crippen LogP contribution in [0.25, 0.3) is 0 Å². The van der Waals surface area contributed by atoms with Crippen LogP contribution in [0.5, 0.6) is 0 Å². The van der Waals surface area contributed by atoms with E-state index in [0.29, 0.717) is 13.2 Å². The van der Waals surface area contributed by atoms with E-state index in [-0.39, 0.29) is 6.29 Å². The van der Waals surface area contributed by atoms with Crippen molar-refractivity contribution in [3.8, 4) is 0 Å². The average molecular weight is 244 g/mol. The van der Waals surface area contributed by atoms with Crippen LogP contribution in [-0.4, -0.2) is 32.7 Å². The van der Waals surface area contributed by atoms with Gasteiger partial charge in [0.1, 0.15) is 0 Å². The van der Waals surface area contributed by atoms with Crippen LogP contribution in [0.2, 0.25) is 0 Å². The van der Waals surface area contributed by atoms with E-state index < -0.39 is 0 Å². The molecule has 17 heavy (non-hydrogen) atoms. The van der Waals surface area contributed by atoms with Gasteiger partial charge in [0.15, 0.2) is 6.29 Å². The van der Waals surface area contributed by atoms with Gasteiger partial charge in [0.2, 0.25) is 0 Å². The molecule has 102 valence electrons. The summed E-state index contributed by atoms with van der Waals surface area (Å²) in [6, 6.07) is 0. The Kier molecular flexibility index (Phi) is 8.67. The largest absolute Gasteiger partial charge is 0.381 e. The molecule has 1 aliphatic carbocycles. The fraction of sp³-hybridized carbons (Fsp3) is 1.00. The van der Waals surface area contributed by atoms with Crippen LogP contribution in [0, 0.1) is 5.92 Å². The molecule has 0 aromatic heterocycles. The zero-order valence-electron chi connectivity index (χ0n) is 11.5. The molecule has 0 heterocycles. The van der Waals surface area contributed by atoms with Crippen molar-refractivity contribution in [2.45, 2.75) is 58.7 Å². The minimum absolute atomic E-state index is 0.0867. The second-order valence-corrected chi connectivity index (χ2v) is 4.71. The summed E-state index contributed by atoms with van der Waals surface area (Å²) in [6.07, 6.45) is 7.63. The van der Waals surface area contributed by atoms with Crippen LogP contribution in [0.3, 0.4) is 0 Å². The van der Waals surface area contributed by atoms with Gasteiger partial charge >= 0.3 is 0 Å². The predicted molar refractivity (Wildman–Crippen MR) is 69.1 cm³/mol. The SMILES string of the molecule is CCOC(CCOCC1CCCCC1)OCC. The molecule has 0 N–H and O–H groups in total. The lowest BCUT2D eigenvalue weighted by Crippen LogP contribution is -2.21. The molecule has 0 aromatic carbocycles. The van der Waals surface area contributed by atoms with Gasteiger partial charge in [0.25, 0.3) is 0 Å². The van der Waals surface area contributed by atoms with E-state index in [0.717, 1.165) is 25.6 Å². The maximum absolute atomic E-state index is 5.74. The summed E-state index contributed by atoms with van der Waals surface area (Å²) in [7, 11) is 0. The van der Waals surface area contributed by atoms with Crippen LogP contribution in [0.15, 0.2) is 0 Å². The van der Waals surface area contributed by atoms with Gasteiger partial charge in [-0.05, 0) is 32.6 Å². The molecule has 0 saturated heterocycles. The average Bonchev–Trinajstić information content (AvgIpc) is 2.36. The highest BCUT2D eigenvalue weighted by Crippen LogP contribution is 2.23. The van der Waals surface area contributed by atoms with E-state index in [4.69, 9.17) is 14.2 Å². The standard InChI is InChI=1S/C14H28O3/c1-3-16-14(17-4-2)10-11-15-12-13-8-6-5-7-9-13/h13-14H,3-12H2,1-2H3. The second kappa shape index (κ2) is 9.86. The van der Waals surface area contributed by atoms with Crippen LogP contribution in [0.4, 0.5) is 0 Å². The molecule has 1 rings (SSSR count). The van der Waals surface area contributed by atoms with Crippen molar-refractivity contribution in [2.75, 3.05) is 26.4 Å². The fourth-order valence-corrected chi connectivity index (χ4v) is 2.37. The quantitative estimate of drug-likeness (QED) is 0.460. The Morgan fingerprint density at radius 3 is 2.24 bits per heavy atom. The maximum atomic E-state index is 5.74. The van der Waals surface area contributed by atoms with Crippen molar-refractivity contribution >= 4 is 0 Å². The summed E-state index contributed by atoms with van der Waals surface area (Å²) < 4.78 is 16.7. The second-order valence-electron chi connectivity index (χ2n) is 4.71.